The maximum absolute atomic E-state index is 10.3. The number of rotatable bonds is 2. The van der Waals surface area contributed by atoms with Crippen LogP contribution in [-0.2, 0) is 14.3 Å². The molecule has 21 heavy (non-hydrogen) atoms. The van der Waals surface area contributed by atoms with E-state index in [0.29, 0.717) is 11.4 Å². The summed E-state index contributed by atoms with van der Waals surface area (Å²) < 4.78 is 4.27. The summed E-state index contributed by atoms with van der Waals surface area (Å²) in [7, 11) is 0. The predicted molar refractivity (Wildman–Crippen MR) is 81.7 cm³/mol. The van der Waals surface area contributed by atoms with Gasteiger partial charge >= 0.3 is 11.9 Å². The molecule has 0 spiro atoms. The van der Waals surface area contributed by atoms with Gasteiger partial charge in [0, 0.05) is 23.9 Å². The van der Waals surface area contributed by atoms with Crippen LogP contribution in [-0.4, -0.2) is 17.0 Å². The molecule has 0 fully saturated rings. The van der Waals surface area contributed by atoms with Gasteiger partial charge in [-0.1, -0.05) is 26.0 Å². The van der Waals surface area contributed by atoms with Gasteiger partial charge in [0.2, 0.25) is 0 Å². The Morgan fingerprint density at radius 2 is 1.71 bits per heavy atom. The second kappa shape index (κ2) is 7.89. The standard InChI is InChI=1S/C10H9NO.C6H10O3/c11-8-4-5-9-7(6-8)2-1-3-10(9)12;1-3-5(7)9-6(8)4-2/h1-6,12H,11H2;3-4H2,1-2H3. The number of nitrogens with two attached hydrogens (primary N) is 1. The average Bonchev–Trinajstić information content (AvgIpc) is 2.47. The Balaban J connectivity index is 0.000000222. The zero-order valence-electron chi connectivity index (χ0n) is 12.1. The van der Waals surface area contributed by atoms with Crippen LogP contribution < -0.4 is 5.73 Å². The van der Waals surface area contributed by atoms with Gasteiger partial charge in [-0.25, -0.2) is 0 Å². The SMILES string of the molecule is CCC(=O)OC(=O)CC.Nc1ccc2c(O)cccc2c1. The highest BCUT2D eigenvalue weighted by atomic mass is 16.6. The van der Waals surface area contributed by atoms with Gasteiger partial charge < -0.3 is 15.6 Å². The molecular weight excluding hydrogens is 270 g/mol. The highest BCUT2D eigenvalue weighted by Gasteiger charge is 2.03. The van der Waals surface area contributed by atoms with Crippen molar-refractivity contribution in [3.05, 3.63) is 36.4 Å². The Morgan fingerprint density at radius 1 is 1.10 bits per heavy atom. The molecule has 0 heterocycles. The van der Waals surface area contributed by atoms with E-state index in [9.17, 15) is 14.7 Å². The highest BCUT2D eigenvalue weighted by Crippen LogP contribution is 2.25. The van der Waals surface area contributed by atoms with Crippen LogP contribution >= 0.6 is 0 Å². The molecule has 0 aliphatic heterocycles. The molecule has 0 aliphatic carbocycles. The van der Waals surface area contributed by atoms with Crippen molar-refractivity contribution in [3.8, 4) is 5.75 Å². The van der Waals surface area contributed by atoms with E-state index in [4.69, 9.17) is 5.73 Å². The molecule has 0 unspecified atom stereocenters. The lowest BCUT2D eigenvalue weighted by Crippen LogP contribution is -2.09. The van der Waals surface area contributed by atoms with Gasteiger partial charge in [0.25, 0.3) is 0 Å². The van der Waals surface area contributed by atoms with Crippen molar-refractivity contribution in [2.24, 2.45) is 0 Å². The van der Waals surface area contributed by atoms with Crippen LogP contribution in [0, 0.1) is 0 Å². The van der Waals surface area contributed by atoms with Crippen molar-refractivity contribution < 1.29 is 19.4 Å². The lowest BCUT2D eigenvalue weighted by Gasteiger charge is -2.00. The monoisotopic (exact) mass is 289 g/mol. The number of anilines is 1. The first-order valence-corrected chi connectivity index (χ1v) is 6.68. The first-order chi connectivity index (χ1) is 9.97. The summed E-state index contributed by atoms with van der Waals surface area (Å²) in [5.41, 5.74) is 6.31. The van der Waals surface area contributed by atoms with E-state index < -0.39 is 11.9 Å². The summed E-state index contributed by atoms with van der Waals surface area (Å²) in [6.45, 7) is 3.29. The Kier molecular flexibility index (Phi) is 6.20. The molecule has 0 radical (unpaired) electrons. The van der Waals surface area contributed by atoms with Crippen LogP contribution in [0.15, 0.2) is 36.4 Å². The molecule has 5 heteroatoms. The first-order valence-electron chi connectivity index (χ1n) is 6.68. The quantitative estimate of drug-likeness (QED) is 0.504. The normalized spacial score (nSPS) is 9.62. The lowest BCUT2D eigenvalue weighted by atomic mass is 10.1. The molecule has 0 amide bonds. The van der Waals surface area contributed by atoms with Gasteiger partial charge in [-0.05, 0) is 29.7 Å². The number of phenols is 1. The van der Waals surface area contributed by atoms with E-state index in [1.54, 1.807) is 32.0 Å². The summed E-state index contributed by atoms with van der Waals surface area (Å²) in [5.74, 6) is -0.615. The second-order valence-corrected chi connectivity index (χ2v) is 4.31. The maximum Gasteiger partial charge on any atom is 0.313 e. The van der Waals surface area contributed by atoms with Gasteiger partial charge in [0.1, 0.15) is 5.75 Å². The molecule has 0 aromatic heterocycles. The van der Waals surface area contributed by atoms with Crippen LogP contribution in [0.2, 0.25) is 0 Å². The second-order valence-electron chi connectivity index (χ2n) is 4.31. The van der Waals surface area contributed by atoms with Gasteiger partial charge in [-0.3, -0.25) is 9.59 Å². The number of ether oxygens (including phenoxy) is 1. The summed E-state index contributed by atoms with van der Waals surface area (Å²) >= 11 is 0. The zero-order chi connectivity index (χ0) is 15.8. The third-order valence-electron chi connectivity index (χ3n) is 2.69. The minimum atomic E-state index is -0.457. The summed E-state index contributed by atoms with van der Waals surface area (Å²) in [4.78, 5) is 20.7. The van der Waals surface area contributed by atoms with Crippen LogP contribution in [0.3, 0.4) is 0 Å². The number of hydrogen-bond acceptors (Lipinski definition) is 5. The molecule has 112 valence electrons. The molecule has 0 aliphatic rings. The fourth-order valence-corrected chi connectivity index (χ4v) is 1.56. The summed E-state index contributed by atoms with van der Waals surface area (Å²) in [6.07, 6.45) is 0.511. The minimum absolute atomic E-state index is 0.256. The van der Waals surface area contributed by atoms with Crippen LogP contribution in [0.5, 0.6) is 5.75 Å². The zero-order valence-corrected chi connectivity index (χ0v) is 12.1. The molecule has 3 N–H and O–H groups in total. The number of benzene rings is 2. The van der Waals surface area contributed by atoms with Gasteiger partial charge in [-0.2, -0.15) is 0 Å². The first kappa shape index (κ1) is 16.5. The third-order valence-corrected chi connectivity index (χ3v) is 2.69. The fourth-order valence-electron chi connectivity index (χ4n) is 1.56. The molecule has 0 saturated heterocycles. The van der Waals surface area contributed by atoms with Crippen molar-refractivity contribution >= 4 is 28.4 Å². The number of hydrogen-bond donors (Lipinski definition) is 2. The number of nitrogen functional groups attached to an aromatic ring is 1. The van der Waals surface area contributed by atoms with Crippen LogP contribution in [0.4, 0.5) is 5.69 Å². The maximum atomic E-state index is 10.3. The molecule has 0 saturated carbocycles. The van der Waals surface area contributed by atoms with E-state index >= 15 is 0 Å². The van der Waals surface area contributed by atoms with Crippen LogP contribution in [0.25, 0.3) is 10.8 Å². The molecule has 2 rings (SSSR count). The van der Waals surface area contributed by atoms with Crippen molar-refractivity contribution in [1.29, 1.82) is 0 Å². The Morgan fingerprint density at radius 3 is 2.29 bits per heavy atom. The van der Waals surface area contributed by atoms with Crippen molar-refractivity contribution in [2.75, 3.05) is 5.73 Å². The summed E-state index contributed by atoms with van der Waals surface area (Å²) in [5, 5.41) is 11.2. The third kappa shape index (κ3) is 5.14. The van der Waals surface area contributed by atoms with Crippen molar-refractivity contribution in [2.45, 2.75) is 26.7 Å². The molecule has 2 aromatic rings. The number of aromatic hydroxyl groups is 1. The number of carbonyl (C=O) groups is 2. The van der Waals surface area contributed by atoms with E-state index in [0.717, 1.165) is 10.8 Å². The van der Waals surface area contributed by atoms with E-state index in [1.807, 2.05) is 18.2 Å². The molecule has 2 aromatic carbocycles. The van der Waals surface area contributed by atoms with Gasteiger partial charge in [-0.15, -0.1) is 0 Å². The molecule has 5 nitrogen and oxygen atoms in total. The Labute approximate surface area is 123 Å². The molecule has 0 bridgehead atoms. The van der Waals surface area contributed by atoms with E-state index in [2.05, 4.69) is 4.74 Å². The fraction of sp³-hybridized carbons (Fsp3) is 0.250. The number of carbonyl (C=O) groups excluding carboxylic acids is 2. The summed E-state index contributed by atoms with van der Waals surface area (Å²) in [6, 6.07) is 10.8. The Bertz CT molecular complexity index is 623. The number of phenolic OH excluding ortho intramolecular Hbond substituents is 1. The van der Waals surface area contributed by atoms with Crippen molar-refractivity contribution in [1.82, 2.24) is 0 Å². The predicted octanol–water partition coefficient (Wildman–Crippen LogP) is 3.00. The number of fused-ring (bicyclic) bond motifs is 1. The molecular formula is C16H19NO4. The van der Waals surface area contributed by atoms with E-state index in [-0.39, 0.29) is 12.8 Å². The largest absolute Gasteiger partial charge is 0.507 e. The smallest absolute Gasteiger partial charge is 0.313 e. The average molecular weight is 289 g/mol. The number of esters is 2. The van der Waals surface area contributed by atoms with Crippen molar-refractivity contribution in [3.63, 3.8) is 0 Å². The van der Waals surface area contributed by atoms with Gasteiger partial charge in [0.15, 0.2) is 0 Å². The van der Waals surface area contributed by atoms with E-state index in [1.165, 1.54) is 0 Å². The molecule has 0 atom stereocenters. The topological polar surface area (TPSA) is 89.6 Å². The lowest BCUT2D eigenvalue weighted by molar-refractivity contribution is -0.159. The minimum Gasteiger partial charge on any atom is -0.507 e. The van der Waals surface area contributed by atoms with Gasteiger partial charge in [0.05, 0.1) is 0 Å². The van der Waals surface area contributed by atoms with Crippen LogP contribution in [0.1, 0.15) is 26.7 Å². The highest BCUT2D eigenvalue weighted by molar-refractivity contribution is 5.90. The Hall–Kier alpha value is -2.56.